The van der Waals surface area contributed by atoms with Gasteiger partial charge in [0, 0.05) is 26.2 Å². The lowest BCUT2D eigenvalue weighted by Gasteiger charge is -2.27. The zero-order valence-corrected chi connectivity index (χ0v) is 12.7. The van der Waals surface area contributed by atoms with Gasteiger partial charge in [-0.15, -0.1) is 0 Å². The molecule has 1 aromatic rings. The first-order chi connectivity index (χ1) is 9.63. The molecule has 7 heteroatoms. The Morgan fingerprint density at radius 1 is 0.950 bits per heavy atom. The molecule has 0 N–H and O–H groups in total. The highest BCUT2D eigenvalue weighted by Gasteiger charge is 2.28. The zero-order valence-electron chi connectivity index (χ0n) is 11.9. The molecule has 2 aliphatic rings. The molecule has 2 fully saturated rings. The van der Waals surface area contributed by atoms with Gasteiger partial charge in [-0.1, -0.05) is 13.8 Å². The van der Waals surface area contributed by atoms with Gasteiger partial charge < -0.3 is 14.5 Å². The highest BCUT2D eigenvalue weighted by Crippen LogP contribution is 2.27. The molecule has 0 saturated carbocycles. The van der Waals surface area contributed by atoms with Crippen LogP contribution in [0.5, 0.6) is 0 Å². The molecule has 0 bridgehead atoms. The molecule has 110 valence electrons. The molecule has 2 atom stereocenters. The van der Waals surface area contributed by atoms with E-state index >= 15 is 0 Å². The van der Waals surface area contributed by atoms with Crippen molar-refractivity contribution in [1.29, 1.82) is 0 Å². The Bertz CT molecular complexity index is 470. The van der Waals surface area contributed by atoms with Crippen LogP contribution in [0.1, 0.15) is 13.8 Å². The monoisotopic (exact) mass is 297 g/mol. The van der Waals surface area contributed by atoms with Crippen LogP contribution < -0.4 is 9.80 Å². The van der Waals surface area contributed by atoms with E-state index < -0.39 is 0 Å². The molecule has 0 aromatic carbocycles. The predicted octanol–water partition coefficient (Wildman–Crippen LogP) is 1.45. The molecule has 2 unspecified atom stereocenters. The van der Waals surface area contributed by atoms with Crippen molar-refractivity contribution >= 4 is 23.5 Å². The third kappa shape index (κ3) is 2.81. The predicted molar refractivity (Wildman–Crippen MR) is 78.4 cm³/mol. The van der Waals surface area contributed by atoms with Crippen molar-refractivity contribution in [3.05, 3.63) is 5.28 Å². The van der Waals surface area contributed by atoms with Gasteiger partial charge >= 0.3 is 0 Å². The van der Waals surface area contributed by atoms with Crippen LogP contribution in [0.15, 0.2) is 0 Å². The fourth-order valence-electron chi connectivity index (χ4n) is 2.67. The van der Waals surface area contributed by atoms with Crippen molar-refractivity contribution in [3.63, 3.8) is 0 Å². The normalized spacial score (nSPS) is 27.1. The van der Waals surface area contributed by atoms with Crippen LogP contribution in [0, 0.1) is 11.8 Å². The third-order valence-corrected chi connectivity index (χ3v) is 4.32. The second kappa shape index (κ2) is 5.69. The summed E-state index contributed by atoms with van der Waals surface area (Å²) in [6.45, 7) is 9.48. The lowest BCUT2D eigenvalue weighted by Crippen LogP contribution is -2.38. The summed E-state index contributed by atoms with van der Waals surface area (Å²) in [5.74, 6) is 2.66. The van der Waals surface area contributed by atoms with Gasteiger partial charge in [0.25, 0.3) is 0 Å². The summed E-state index contributed by atoms with van der Waals surface area (Å²) in [6.07, 6.45) is 0. The Hall–Kier alpha value is -1.14. The second-order valence-corrected chi connectivity index (χ2v) is 6.00. The maximum atomic E-state index is 6.07. The second-order valence-electron chi connectivity index (χ2n) is 5.66. The first-order valence-electron chi connectivity index (χ1n) is 7.12. The van der Waals surface area contributed by atoms with Gasteiger partial charge in [0.1, 0.15) is 0 Å². The van der Waals surface area contributed by atoms with Gasteiger partial charge in [0.2, 0.25) is 17.2 Å². The summed E-state index contributed by atoms with van der Waals surface area (Å²) >= 11 is 6.07. The quantitative estimate of drug-likeness (QED) is 0.824. The standard InChI is InChI=1S/C13H20ClN5O/c1-9-7-19(8-10(9)2)13-16-11(14)15-12(17-13)18-3-5-20-6-4-18/h9-10H,3-8H2,1-2H3. The molecule has 2 saturated heterocycles. The number of rotatable bonds is 2. The van der Waals surface area contributed by atoms with Crippen LogP contribution in [0.3, 0.4) is 0 Å². The van der Waals surface area contributed by atoms with E-state index in [4.69, 9.17) is 16.3 Å². The van der Waals surface area contributed by atoms with Gasteiger partial charge in [-0.05, 0) is 23.4 Å². The summed E-state index contributed by atoms with van der Waals surface area (Å²) in [4.78, 5) is 17.4. The zero-order chi connectivity index (χ0) is 14.1. The van der Waals surface area contributed by atoms with Crippen LogP contribution in [0.4, 0.5) is 11.9 Å². The van der Waals surface area contributed by atoms with Crippen molar-refractivity contribution in [2.45, 2.75) is 13.8 Å². The van der Waals surface area contributed by atoms with E-state index in [-0.39, 0.29) is 5.28 Å². The van der Waals surface area contributed by atoms with Crippen LogP contribution in [0.25, 0.3) is 0 Å². The van der Waals surface area contributed by atoms with Crippen molar-refractivity contribution in [1.82, 2.24) is 15.0 Å². The Morgan fingerprint density at radius 3 is 2.10 bits per heavy atom. The van der Waals surface area contributed by atoms with E-state index in [0.717, 1.165) is 26.2 Å². The topological polar surface area (TPSA) is 54.4 Å². The first kappa shape index (κ1) is 13.8. The van der Waals surface area contributed by atoms with E-state index in [1.165, 1.54) is 0 Å². The maximum Gasteiger partial charge on any atom is 0.231 e. The maximum absolute atomic E-state index is 6.07. The van der Waals surface area contributed by atoms with Gasteiger partial charge in [0.15, 0.2) is 0 Å². The number of halogens is 1. The van der Waals surface area contributed by atoms with Gasteiger partial charge in [-0.2, -0.15) is 15.0 Å². The number of hydrogen-bond acceptors (Lipinski definition) is 6. The summed E-state index contributed by atoms with van der Waals surface area (Å²) < 4.78 is 5.35. The number of ether oxygens (including phenoxy) is 1. The van der Waals surface area contributed by atoms with E-state index in [1.54, 1.807) is 0 Å². The van der Waals surface area contributed by atoms with Crippen LogP contribution >= 0.6 is 11.6 Å². The number of morpholine rings is 1. The van der Waals surface area contributed by atoms with Crippen LogP contribution in [-0.4, -0.2) is 54.3 Å². The number of nitrogens with zero attached hydrogens (tertiary/aromatic N) is 5. The number of anilines is 2. The smallest absolute Gasteiger partial charge is 0.231 e. The molecule has 3 rings (SSSR count). The highest BCUT2D eigenvalue weighted by molar-refractivity contribution is 6.28. The molecule has 2 aliphatic heterocycles. The number of aromatic nitrogens is 3. The SMILES string of the molecule is CC1CN(c2nc(Cl)nc(N3CCOCC3)n2)CC1C. The van der Waals surface area contributed by atoms with Crippen molar-refractivity contribution in [2.75, 3.05) is 49.2 Å². The van der Waals surface area contributed by atoms with Gasteiger partial charge in [-0.3, -0.25) is 0 Å². The van der Waals surface area contributed by atoms with E-state index in [2.05, 4.69) is 38.6 Å². The largest absolute Gasteiger partial charge is 0.378 e. The van der Waals surface area contributed by atoms with Gasteiger partial charge in [-0.25, -0.2) is 0 Å². The summed E-state index contributed by atoms with van der Waals surface area (Å²) in [6, 6.07) is 0. The molecule has 0 aliphatic carbocycles. The molecule has 1 aromatic heterocycles. The molecule has 0 amide bonds. The van der Waals surface area contributed by atoms with Crippen molar-refractivity contribution in [3.8, 4) is 0 Å². The Morgan fingerprint density at radius 2 is 1.50 bits per heavy atom. The third-order valence-electron chi connectivity index (χ3n) is 4.15. The minimum atomic E-state index is 0.267. The minimum absolute atomic E-state index is 0.267. The first-order valence-corrected chi connectivity index (χ1v) is 7.50. The van der Waals surface area contributed by atoms with Crippen molar-refractivity contribution in [2.24, 2.45) is 11.8 Å². The Balaban J connectivity index is 1.83. The average Bonchev–Trinajstić information content (AvgIpc) is 2.79. The summed E-state index contributed by atoms with van der Waals surface area (Å²) in [5, 5.41) is 0.267. The van der Waals surface area contributed by atoms with Crippen LogP contribution in [0.2, 0.25) is 5.28 Å². The fourth-order valence-corrected chi connectivity index (χ4v) is 2.82. The summed E-state index contributed by atoms with van der Waals surface area (Å²) in [7, 11) is 0. The lowest BCUT2D eigenvalue weighted by molar-refractivity contribution is 0.122. The molecule has 20 heavy (non-hydrogen) atoms. The van der Waals surface area contributed by atoms with Gasteiger partial charge in [0.05, 0.1) is 13.2 Å². The minimum Gasteiger partial charge on any atom is -0.378 e. The van der Waals surface area contributed by atoms with E-state index in [0.29, 0.717) is 36.9 Å². The average molecular weight is 298 g/mol. The highest BCUT2D eigenvalue weighted by atomic mass is 35.5. The Labute approximate surface area is 124 Å². The van der Waals surface area contributed by atoms with E-state index in [1.807, 2.05) is 0 Å². The molecular weight excluding hydrogens is 278 g/mol. The number of hydrogen-bond donors (Lipinski definition) is 0. The summed E-state index contributed by atoms with van der Waals surface area (Å²) in [5.41, 5.74) is 0. The molecular formula is C13H20ClN5O. The van der Waals surface area contributed by atoms with Crippen LogP contribution in [-0.2, 0) is 4.74 Å². The lowest BCUT2D eigenvalue weighted by atomic mass is 10.0. The molecule has 0 spiro atoms. The Kier molecular flexibility index (Phi) is 3.94. The fraction of sp³-hybridized carbons (Fsp3) is 0.769. The van der Waals surface area contributed by atoms with Crippen molar-refractivity contribution < 1.29 is 4.74 Å². The molecule has 3 heterocycles. The molecule has 0 radical (unpaired) electrons. The molecule has 6 nitrogen and oxygen atoms in total. The van der Waals surface area contributed by atoms with E-state index in [9.17, 15) is 0 Å².